The fourth-order valence-electron chi connectivity index (χ4n) is 8.40. The summed E-state index contributed by atoms with van der Waals surface area (Å²) in [7, 11) is -5.57. The number of halogens is 3. The Bertz CT molecular complexity index is 3570. The third kappa shape index (κ3) is 11.1. The smallest absolute Gasteiger partial charge is 0.455 e. The van der Waals surface area contributed by atoms with Crippen molar-refractivity contribution in [2.75, 3.05) is 0 Å². The standard InChI is InChI=1S/C25H13F3O4.C18H15OP.C17H17OP.Eu/c26-25(27,28)23(30)21-22(29)18-10-9-16(12-20(18)32-24(21)31)15-8-7-14-6-5-13-3-1-2-4-17(13)19(14)11-15;19-20(16-10-4-1-5-11-16,17-12-6-2-7-13-17)18-14-8-3-9-15-18;1-3-15(4-2)19(18,16-11-7-5-8-12-16)17-13-9-6-10-14-17;/h1-12,29H;1-15H;3-14H,1H2,2H3;/b;;15-4+;. The first kappa shape index (κ1) is 53.3. The van der Waals surface area contributed by atoms with Gasteiger partial charge in [-0.1, -0.05) is 225 Å². The molecule has 0 fully saturated rings. The zero-order chi connectivity index (χ0) is 50.2. The average molecular weight is 1130 g/mol. The van der Waals surface area contributed by atoms with Gasteiger partial charge in [0.05, 0.1) is 5.39 Å². The van der Waals surface area contributed by atoms with Gasteiger partial charge in [-0.25, -0.2) is 4.79 Å². The Balaban J connectivity index is 0.000000166. The number of hydrogen-bond donors (Lipinski definition) is 1. The third-order valence-corrected chi connectivity index (χ3v) is 18.2. The second-order valence-corrected chi connectivity index (χ2v) is 21.7. The number of carbonyl (C=O) groups excluding carboxylic acids is 1. The summed E-state index contributed by atoms with van der Waals surface area (Å²) < 4.78 is 70.8. The number of allylic oxidation sites excluding steroid dienone is 3. The maximum absolute atomic E-state index is 13.8. The van der Waals surface area contributed by atoms with E-state index in [9.17, 15) is 37.0 Å². The molecule has 0 saturated carbocycles. The maximum Gasteiger partial charge on any atom is 0.455 e. The molecule has 12 heteroatoms. The van der Waals surface area contributed by atoms with Gasteiger partial charge in [-0.15, -0.1) is 0 Å². The van der Waals surface area contributed by atoms with Crippen LogP contribution in [0.15, 0.2) is 258 Å². The number of benzene rings is 9. The zero-order valence-electron chi connectivity index (χ0n) is 38.6. The molecule has 0 spiro atoms. The first-order valence-corrected chi connectivity index (χ1v) is 25.8. The molecule has 1 aromatic heterocycles. The van der Waals surface area contributed by atoms with Gasteiger partial charge in [-0.2, -0.15) is 13.2 Å². The average Bonchev–Trinajstić information content (AvgIpc) is 3.42. The summed E-state index contributed by atoms with van der Waals surface area (Å²) in [6.07, 6.45) is -1.73. The molecule has 0 aliphatic heterocycles. The van der Waals surface area contributed by atoms with E-state index in [0.29, 0.717) is 5.56 Å². The summed E-state index contributed by atoms with van der Waals surface area (Å²) >= 11 is 0. The van der Waals surface area contributed by atoms with Gasteiger partial charge in [0.25, 0.3) is 5.78 Å². The van der Waals surface area contributed by atoms with Gasteiger partial charge >= 0.3 is 11.8 Å². The largest absolute Gasteiger partial charge is 0.506 e. The van der Waals surface area contributed by atoms with Crippen LogP contribution in [0.5, 0.6) is 5.75 Å². The van der Waals surface area contributed by atoms with Crippen LogP contribution in [-0.4, -0.2) is 17.1 Å². The monoisotopic (exact) mass is 1130 g/mol. The van der Waals surface area contributed by atoms with E-state index in [0.717, 1.165) is 58.9 Å². The molecule has 1 N–H and O–H groups in total. The number of fused-ring (bicyclic) bond motifs is 4. The van der Waals surface area contributed by atoms with Gasteiger partial charge in [-0.05, 0) is 57.8 Å². The second kappa shape index (κ2) is 23.4. The van der Waals surface area contributed by atoms with Gasteiger partial charge in [0, 0.05) is 81.2 Å². The number of rotatable bonds is 9. The van der Waals surface area contributed by atoms with E-state index in [1.54, 1.807) is 12.1 Å². The van der Waals surface area contributed by atoms with Gasteiger partial charge in [-0.3, -0.25) is 4.79 Å². The quantitative estimate of drug-likeness (QED) is 0.0508. The number of alkyl halides is 3. The molecule has 0 aliphatic rings. The molecule has 0 amide bonds. The van der Waals surface area contributed by atoms with Crippen molar-refractivity contribution in [3.05, 3.63) is 264 Å². The van der Waals surface area contributed by atoms with Crippen molar-refractivity contribution >= 4 is 79.1 Å². The van der Waals surface area contributed by atoms with Crippen molar-refractivity contribution in [3.63, 3.8) is 0 Å². The molecule has 359 valence electrons. The van der Waals surface area contributed by atoms with Crippen LogP contribution in [0, 0.1) is 49.4 Å². The fraction of sp³-hybridized carbons (Fsp3) is 0.0333. The van der Waals surface area contributed by atoms with Gasteiger partial charge in [0.1, 0.15) is 11.3 Å². The Morgan fingerprint density at radius 2 is 0.944 bits per heavy atom. The Morgan fingerprint density at radius 3 is 1.40 bits per heavy atom. The van der Waals surface area contributed by atoms with Crippen LogP contribution < -0.4 is 32.1 Å². The predicted octanol–water partition coefficient (Wildman–Crippen LogP) is 13.6. The van der Waals surface area contributed by atoms with E-state index >= 15 is 0 Å². The van der Waals surface area contributed by atoms with Crippen LogP contribution in [0.2, 0.25) is 0 Å². The van der Waals surface area contributed by atoms with Crippen molar-refractivity contribution in [2.45, 2.75) is 13.1 Å². The fourth-order valence-corrected chi connectivity index (χ4v) is 13.8. The Hall–Kier alpha value is -6.51. The molecule has 10 rings (SSSR count). The van der Waals surface area contributed by atoms with E-state index in [2.05, 4.69) is 6.58 Å². The SMILES string of the molecule is C=C/C(=C\C)P(=O)(c1ccccc1)c1ccccc1.O=C(c1c(O)c2ccc(-c3ccc4ccc5ccccc5c4c3)cc2oc1=O)C(F)(F)F.O=P(c1ccccc1)(c1ccccc1)c1ccccc1.[Eu]. The number of hydrogen-bond acceptors (Lipinski definition) is 6. The van der Waals surface area contributed by atoms with Crippen molar-refractivity contribution in [3.8, 4) is 16.9 Å². The first-order valence-electron chi connectivity index (χ1n) is 22.4. The topological polar surface area (TPSA) is 102 Å². The summed E-state index contributed by atoms with van der Waals surface area (Å²) in [6.45, 7) is 5.71. The molecule has 72 heavy (non-hydrogen) atoms. The van der Waals surface area contributed by atoms with Crippen molar-refractivity contribution < 1.29 is 86.0 Å². The molecule has 6 nitrogen and oxygen atoms in total. The number of Topliss-reactive ketones (excluding diaryl/α,β-unsaturated/α-hetero) is 1. The molecular formula is C60H45EuF3O6P2. The molecule has 9 aromatic carbocycles. The van der Waals surface area contributed by atoms with E-state index in [1.807, 2.05) is 219 Å². The van der Waals surface area contributed by atoms with Crippen LogP contribution in [0.1, 0.15) is 17.3 Å². The van der Waals surface area contributed by atoms with E-state index in [1.165, 1.54) is 12.1 Å². The van der Waals surface area contributed by atoms with Gasteiger partial charge < -0.3 is 18.7 Å². The molecule has 0 aliphatic carbocycles. The Kier molecular flexibility index (Phi) is 17.3. The maximum atomic E-state index is 13.8. The van der Waals surface area contributed by atoms with Crippen LogP contribution in [-0.2, 0) is 9.13 Å². The van der Waals surface area contributed by atoms with Crippen molar-refractivity contribution in [1.29, 1.82) is 0 Å². The number of carbonyl (C=O) groups is 1. The molecular weight excluding hydrogens is 1090 g/mol. The summed E-state index contributed by atoms with van der Waals surface area (Å²) in [6, 6.07) is 70.5. The molecule has 0 bridgehead atoms. The minimum absolute atomic E-state index is 0. The Labute approximate surface area is 455 Å². The van der Waals surface area contributed by atoms with Crippen molar-refractivity contribution in [1.82, 2.24) is 0 Å². The first-order chi connectivity index (χ1) is 34.3. The molecule has 0 unspecified atom stereocenters. The normalized spacial score (nSPS) is 11.6. The van der Waals surface area contributed by atoms with E-state index < -0.39 is 43.2 Å². The van der Waals surface area contributed by atoms with Crippen LogP contribution >= 0.6 is 14.3 Å². The van der Waals surface area contributed by atoms with E-state index in [4.69, 9.17) is 4.42 Å². The summed E-state index contributed by atoms with van der Waals surface area (Å²) in [5.41, 5.74) is -1.67. The van der Waals surface area contributed by atoms with Gasteiger partial charge in [0.15, 0.2) is 19.8 Å². The van der Waals surface area contributed by atoms with Crippen LogP contribution in [0.3, 0.4) is 0 Å². The minimum Gasteiger partial charge on any atom is -0.506 e. The number of aromatic hydroxyl groups is 1. The predicted molar refractivity (Wildman–Crippen MR) is 285 cm³/mol. The third-order valence-electron chi connectivity index (χ3n) is 11.9. The summed E-state index contributed by atoms with van der Waals surface area (Å²) in [5, 5.41) is 19.3. The molecule has 10 aromatic rings. The summed E-state index contributed by atoms with van der Waals surface area (Å²) in [4.78, 5) is 23.6. The second-order valence-electron chi connectivity index (χ2n) is 16.2. The van der Waals surface area contributed by atoms with Gasteiger partial charge in [0.2, 0.25) is 0 Å². The Morgan fingerprint density at radius 1 is 0.542 bits per heavy atom. The molecule has 1 radical (unpaired) electrons. The molecule has 0 atom stereocenters. The number of ketones is 1. The van der Waals surface area contributed by atoms with Crippen LogP contribution in [0.25, 0.3) is 43.6 Å². The molecule has 0 saturated heterocycles. The zero-order valence-corrected chi connectivity index (χ0v) is 42.8. The van der Waals surface area contributed by atoms with Crippen LogP contribution in [0.4, 0.5) is 13.2 Å². The van der Waals surface area contributed by atoms with E-state index in [-0.39, 0.29) is 60.3 Å². The molecule has 1 heterocycles. The minimum atomic E-state index is -5.31. The summed E-state index contributed by atoms with van der Waals surface area (Å²) in [5.74, 6) is -3.49. The van der Waals surface area contributed by atoms with Crippen molar-refractivity contribution in [2.24, 2.45) is 0 Å².